The first-order chi connectivity index (χ1) is 17.1. The molecule has 0 bridgehead atoms. The molecule has 3 aliphatic rings. The molecule has 2 aliphatic carbocycles. The average molecular weight is 546 g/mol. The summed E-state index contributed by atoms with van der Waals surface area (Å²) in [5.41, 5.74) is 3.90. The van der Waals surface area contributed by atoms with Crippen molar-refractivity contribution < 1.29 is 22.2 Å². The van der Waals surface area contributed by atoms with Crippen LogP contribution in [0.4, 0.5) is 0 Å². The molecule has 0 spiro atoms. The van der Waals surface area contributed by atoms with Gasteiger partial charge in [-0.15, -0.1) is 0 Å². The molecule has 0 saturated heterocycles. The number of hydrogen-bond acceptors (Lipinski definition) is 6. The predicted octanol–water partition coefficient (Wildman–Crippen LogP) is 6.11. The van der Waals surface area contributed by atoms with Gasteiger partial charge < -0.3 is 9.08 Å². The number of carbonyl (C=O) groups excluding carboxylic acids is 2. The third-order valence-corrected chi connectivity index (χ3v) is 8.83. The van der Waals surface area contributed by atoms with Crippen LogP contribution in [0.5, 0.6) is 5.75 Å². The van der Waals surface area contributed by atoms with Crippen LogP contribution in [0.3, 0.4) is 0 Å². The van der Waals surface area contributed by atoms with Gasteiger partial charge in [0.05, 0.1) is 5.02 Å². The lowest BCUT2D eigenvalue weighted by molar-refractivity contribution is -0.117. The molecule has 0 aromatic heterocycles. The van der Waals surface area contributed by atoms with E-state index in [1.54, 1.807) is 18.2 Å². The topological polar surface area (TPSA) is 80.8 Å². The maximum atomic E-state index is 13.3. The van der Waals surface area contributed by atoms with E-state index in [0.717, 1.165) is 17.0 Å². The Kier molecular flexibility index (Phi) is 6.52. The van der Waals surface area contributed by atoms with E-state index in [9.17, 15) is 18.0 Å². The average Bonchev–Trinajstić information content (AvgIpc) is 2.82. The molecule has 6 nitrogen and oxygen atoms in total. The number of aryl methyl sites for hydroxylation is 1. The lowest BCUT2D eigenvalue weighted by Crippen LogP contribution is -2.37. The minimum absolute atomic E-state index is 0.0112. The van der Waals surface area contributed by atoms with Gasteiger partial charge in [0.15, 0.2) is 17.3 Å². The Hall–Kier alpha value is -2.61. The van der Waals surface area contributed by atoms with Crippen molar-refractivity contribution >= 4 is 44.9 Å². The molecule has 0 unspecified atom stereocenters. The van der Waals surface area contributed by atoms with E-state index >= 15 is 0 Å². The Morgan fingerprint density at radius 1 is 0.889 bits per heavy atom. The number of nitrogens with zero attached hydrogens (tertiary/aromatic N) is 1. The first kappa shape index (κ1) is 25.1. The van der Waals surface area contributed by atoms with Crippen LogP contribution in [0, 0.1) is 6.92 Å². The molecule has 0 amide bonds. The van der Waals surface area contributed by atoms with Crippen molar-refractivity contribution in [1.82, 2.24) is 4.90 Å². The summed E-state index contributed by atoms with van der Waals surface area (Å²) in [6.07, 6.45) is 3.51. The van der Waals surface area contributed by atoms with Crippen LogP contribution in [0.25, 0.3) is 0 Å². The van der Waals surface area contributed by atoms with E-state index in [1.165, 1.54) is 18.2 Å². The highest BCUT2D eigenvalue weighted by atomic mass is 35.5. The zero-order valence-corrected chi connectivity index (χ0v) is 22.3. The normalized spacial score (nSPS) is 18.9. The second-order valence-electron chi connectivity index (χ2n) is 9.42. The summed E-state index contributed by atoms with van der Waals surface area (Å²) < 4.78 is 32.2. The van der Waals surface area contributed by atoms with E-state index in [2.05, 4.69) is 0 Å². The summed E-state index contributed by atoms with van der Waals surface area (Å²) >= 11 is 12.9. The van der Waals surface area contributed by atoms with Crippen molar-refractivity contribution in [1.29, 1.82) is 0 Å². The number of carbonyl (C=O) groups is 2. The van der Waals surface area contributed by atoms with Gasteiger partial charge >= 0.3 is 10.1 Å². The fourth-order valence-electron chi connectivity index (χ4n) is 5.41. The number of halogens is 2. The second-order valence-corrected chi connectivity index (χ2v) is 11.8. The fraction of sp³-hybridized carbons (Fsp3) is 0.333. The van der Waals surface area contributed by atoms with E-state index in [0.29, 0.717) is 55.2 Å². The number of ketones is 2. The summed E-state index contributed by atoms with van der Waals surface area (Å²) in [5, 5.41) is 0.243. The first-order valence-electron chi connectivity index (χ1n) is 11.8. The molecule has 36 heavy (non-hydrogen) atoms. The van der Waals surface area contributed by atoms with Gasteiger partial charge in [-0.05, 0) is 56.9 Å². The number of benzene rings is 2. The Labute approximate surface area is 220 Å². The van der Waals surface area contributed by atoms with E-state index in [1.807, 2.05) is 18.9 Å². The standard InChI is InChI=1S/C27H25Cl2NO5S/c1-15-9-11-17(12-10-15)36(33,34)35-27-18(13-16(28)14-19(27)29)24-25-20(5-3-7-22(25)31)30(2)21-6-4-8-23(32)26(21)24/h9-14,24H,3-8H2,1-2H3. The highest BCUT2D eigenvalue weighted by molar-refractivity contribution is 7.87. The number of allylic oxidation sites excluding steroid dienone is 4. The van der Waals surface area contributed by atoms with Gasteiger partial charge in [0.25, 0.3) is 0 Å². The van der Waals surface area contributed by atoms with Gasteiger partial charge in [0.1, 0.15) is 4.90 Å². The van der Waals surface area contributed by atoms with E-state index < -0.39 is 16.0 Å². The van der Waals surface area contributed by atoms with Crippen molar-refractivity contribution in [2.45, 2.75) is 56.3 Å². The molecule has 0 radical (unpaired) electrons. The molecule has 1 aliphatic heterocycles. The monoisotopic (exact) mass is 545 g/mol. The van der Waals surface area contributed by atoms with Crippen molar-refractivity contribution in [3.05, 3.63) is 80.1 Å². The number of hydrogen-bond donors (Lipinski definition) is 0. The van der Waals surface area contributed by atoms with Gasteiger partial charge in [0, 0.05) is 58.9 Å². The van der Waals surface area contributed by atoms with Crippen LogP contribution >= 0.6 is 23.2 Å². The molecule has 0 fully saturated rings. The van der Waals surface area contributed by atoms with Crippen molar-refractivity contribution in [3.8, 4) is 5.75 Å². The molecule has 1 heterocycles. The number of rotatable bonds is 4. The Balaban J connectivity index is 1.73. The third kappa shape index (κ3) is 4.27. The molecular weight excluding hydrogens is 521 g/mol. The van der Waals surface area contributed by atoms with Gasteiger partial charge in [0.2, 0.25) is 0 Å². The lowest BCUT2D eigenvalue weighted by atomic mass is 9.71. The first-order valence-corrected chi connectivity index (χ1v) is 14.0. The van der Waals surface area contributed by atoms with Gasteiger partial charge in [-0.2, -0.15) is 8.42 Å². The maximum Gasteiger partial charge on any atom is 0.339 e. The molecule has 5 rings (SSSR count). The molecule has 9 heteroatoms. The largest absolute Gasteiger partial charge is 0.377 e. The Bertz CT molecular complexity index is 1410. The fourth-order valence-corrected chi connectivity index (χ4v) is 6.97. The van der Waals surface area contributed by atoms with Gasteiger partial charge in [-0.25, -0.2) is 0 Å². The van der Waals surface area contributed by atoms with Crippen LogP contribution in [-0.4, -0.2) is 31.9 Å². The highest BCUT2D eigenvalue weighted by Gasteiger charge is 2.44. The maximum absolute atomic E-state index is 13.3. The summed E-state index contributed by atoms with van der Waals surface area (Å²) in [5.74, 6) is -1.05. The third-order valence-electron chi connectivity index (χ3n) is 7.10. The van der Waals surface area contributed by atoms with Crippen LogP contribution in [0.2, 0.25) is 10.0 Å². The van der Waals surface area contributed by atoms with Crippen molar-refractivity contribution in [3.63, 3.8) is 0 Å². The van der Waals surface area contributed by atoms with E-state index in [4.69, 9.17) is 27.4 Å². The quantitative estimate of drug-likeness (QED) is 0.431. The SMILES string of the molecule is Cc1ccc(S(=O)(=O)Oc2c(Cl)cc(Cl)cc2C2C3=C(CCCC3=O)N(C)C3=C2C(=O)CCC3)cc1. The van der Waals surface area contributed by atoms with Crippen LogP contribution in [0.15, 0.2) is 63.8 Å². The zero-order chi connectivity index (χ0) is 25.8. The van der Waals surface area contributed by atoms with Crippen molar-refractivity contribution in [2.75, 3.05) is 7.05 Å². The second kappa shape index (κ2) is 9.36. The molecule has 2 aromatic rings. The summed E-state index contributed by atoms with van der Waals surface area (Å²) in [6, 6.07) is 9.22. The van der Waals surface area contributed by atoms with Crippen molar-refractivity contribution in [2.24, 2.45) is 0 Å². The minimum Gasteiger partial charge on any atom is -0.377 e. The minimum atomic E-state index is -4.26. The van der Waals surface area contributed by atoms with Gasteiger partial charge in [-0.3, -0.25) is 9.59 Å². The lowest BCUT2D eigenvalue weighted by Gasteiger charge is -2.42. The molecular formula is C27H25Cl2NO5S. The van der Waals surface area contributed by atoms with Crippen LogP contribution in [0.1, 0.15) is 55.6 Å². The molecule has 2 aromatic carbocycles. The molecule has 0 atom stereocenters. The molecule has 0 N–H and O–H groups in total. The molecule has 188 valence electrons. The van der Waals surface area contributed by atoms with E-state index in [-0.39, 0.29) is 32.3 Å². The number of Topliss-reactive ketones (excluding diaryl/α,β-unsaturated/α-hetero) is 2. The summed E-state index contributed by atoms with van der Waals surface area (Å²) in [4.78, 5) is 28.6. The summed E-state index contributed by atoms with van der Waals surface area (Å²) in [6.45, 7) is 1.85. The smallest absolute Gasteiger partial charge is 0.339 e. The van der Waals surface area contributed by atoms with Crippen LogP contribution in [-0.2, 0) is 19.7 Å². The Morgan fingerprint density at radius 2 is 1.44 bits per heavy atom. The van der Waals surface area contributed by atoms with Crippen LogP contribution < -0.4 is 4.18 Å². The molecule has 0 saturated carbocycles. The Morgan fingerprint density at radius 3 is 2.00 bits per heavy atom. The zero-order valence-electron chi connectivity index (χ0n) is 19.9. The highest BCUT2D eigenvalue weighted by Crippen LogP contribution is 2.52. The summed E-state index contributed by atoms with van der Waals surface area (Å²) in [7, 11) is -2.37. The van der Waals surface area contributed by atoms with Gasteiger partial charge in [-0.1, -0.05) is 40.9 Å². The predicted molar refractivity (Wildman–Crippen MR) is 138 cm³/mol.